The van der Waals surface area contributed by atoms with Crippen molar-refractivity contribution in [1.82, 2.24) is 10.6 Å². The van der Waals surface area contributed by atoms with Gasteiger partial charge in [0.25, 0.3) is 0 Å². The molecule has 18 heavy (non-hydrogen) atoms. The Balaban J connectivity index is 2.40. The lowest BCUT2D eigenvalue weighted by molar-refractivity contribution is 0.195. The highest BCUT2D eigenvalue weighted by Crippen LogP contribution is 2.25. The van der Waals surface area contributed by atoms with Crippen molar-refractivity contribution in [3.8, 4) is 0 Å². The Morgan fingerprint density at radius 2 is 2.28 bits per heavy atom. The highest BCUT2D eigenvalue weighted by atomic mass is 32.1. The normalized spacial score (nSPS) is 12.4. The van der Waals surface area contributed by atoms with Crippen molar-refractivity contribution >= 4 is 28.7 Å². The Morgan fingerprint density at radius 3 is 2.83 bits per heavy atom. The summed E-state index contributed by atoms with van der Waals surface area (Å²) in [6.07, 6.45) is 0.962. The van der Waals surface area contributed by atoms with Crippen molar-refractivity contribution < 1.29 is 4.74 Å². The number of nitrogens with one attached hydrogen (secondary N) is 2. The predicted octanol–water partition coefficient (Wildman–Crippen LogP) is 2.95. The second-order valence-corrected chi connectivity index (χ2v) is 5.87. The van der Waals surface area contributed by atoms with Crippen LogP contribution in [0.2, 0.25) is 0 Å². The van der Waals surface area contributed by atoms with Gasteiger partial charge in [0.15, 0.2) is 5.11 Å². The minimum atomic E-state index is 0.285. The van der Waals surface area contributed by atoms with Gasteiger partial charge in [0.1, 0.15) is 0 Å². The molecule has 1 unspecified atom stereocenters. The van der Waals surface area contributed by atoms with Crippen LogP contribution in [0.5, 0.6) is 0 Å². The summed E-state index contributed by atoms with van der Waals surface area (Å²) in [5.74, 6) is 0.502. The topological polar surface area (TPSA) is 33.3 Å². The summed E-state index contributed by atoms with van der Waals surface area (Å²) in [5, 5.41) is 9.41. The van der Waals surface area contributed by atoms with Gasteiger partial charge in [-0.2, -0.15) is 0 Å². The lowest BCUT2D eigenvalue weighted by Crippen LogP contribution is -2.39. The van der Waals surface area contributed by atoms with E-state index in [-0.39, 0.29) is 6.04 Å². The first-order valence-corrected chi connectivity index (χ1v) is 7.50. The molecule has 0 saturated heterocycles. The number of methoxy groups -OCH3 is 1. The maximum absolute atomic E-state index is 5.31. The molecule has 1 atom stereocenters. The minimum absolute atomic E-state index is 0.285. The fraction of sp³-hybridized carbons (Fsp3) is 0.615. The summed E-state index contributed by atoms with van der Waals surface area (Å²) in [5.41, 5.74) is 0. The van der Waals surface area contributed by atoms with E-state index in [1.165, 1.54) is 4.88 Å². The summed E-state index contributed by atoms with van der Waals surface area (Å²) >= 11 is 7.08. The molecule has 0 amide bonds. The lowest BCUT2D eigenvalue weighted by atomic mass is 10.0. The molecule has 0 radical (unpaired) electrons. The van der Waals surface area contributed by atoms with Crippen molar-refractivity contribution in [2.24, 2.45) is 5.92 Å². The minimum Gasteiger partial charge on any atom is -0.385 e. The molecule has 0 aliphatic carbocycles. The Bertz CT molecular complexity index is 339. The van der Waals surface area contributed by atoms with E-state index < -0.39 is 0 Å². The first-order valence-electron chi connectivity index (χ1n) is 6.22. The van der Waals surface area contributed by atoms with Crippen LogP contribution in [0, 0.1) is 5.92 Å². The van der Waals surface area contributed by atoms with Gasteiger partial charge in [0.2, 0.25) is 0 Å². The standard InChI is InChI=1S/C13H22N2OS2/c1-10(2)12(11-6-4-9-18-11)15-13(17)14-7-5-8-16-3/h4,6,9-10,12H,5,7-8H2,1-3H3,(H2,14,15,17). The zero-order valence-corrected chi connectivity index (χ0v) is 12.9. The van der Waals surface area contributed by atoms with E-state index >= 15 is 0 Å². The summed E-state index contributed by atoms with van der Waals surface area (Å²) < 4.78 is 5.00. The van der Waals surface area contributed by atoms with Crippen LogP contribution < -0.4 is 10.6 Å². The van der Waals surface area contributed by atoms with Crippen LogP contribution in [0.3, 0.4) is 0 Å². The first kappa shape index (κ1) is 15.4. The van der Waals surface area contributed by atoms with Gasteiger partial charge in [0.05, 0.1) is 6.04 Å². The fourth-order valence-corrected chi connectivity index (χ4v) is 2.82. The average Bonchev–Trinajstić information content (AvgIpc) is 2.85. The van der Waals surface area contributed by atoms with Crippen molar-refractivity contribution in [3.63, 3.8) is 0 Å². The quantitative estimate of drug-likeness (QED) is 0.596. The number of hydrogen-bond donors (Lipinski definition) is 2. The van der Waals surface area contributed by atoms with Gasteiger partial charge in [-0.05, 0) is 36.0 Å². The highest BCUT2D eigenvalue weighted by Gasteiger charge is 2.17. The van der Waals surface area contributed by atoms with Crippen molar-refractivity contribution in [3.05, 3.63) is 22.4 Å². The van der Waals surface area contributed by atoms with Gasteiger partial charge in [-0.25, -0.2) is 0 Å². The number of ether oxygens (including phenoxy) is 1. The molecule has 1 heterocycles. The average molecular weight is 286 g/mol. The number of rotatable bonds is 7. The molecule has 1 aromatic heterocycles. The third kappa shape index (κ3) is 5.33. The molecule has 0 aromatic carbocycles. The molecule has 3 nitrogen and oxygen atoms in total. The van der Waals surface area contributed by atoms with Crippen LogP contribution in [0.25, 0.3) is 0 Å². The van der Waals surface area contributed by atoms with E-state index in [9.17, 15) is 0 Å². The molecule has 0 aliphatic heterocycles. The Kier molecular flexibility index (Phi) is 7.23. The lowest BCUT2D eigenvalue weighted by Gasteiger charge is -2.23. The van der Waals surface area contributed by atoms with Crippen LogP contribution in [0.1, 0.15) is 31.2 Å². The molecular formula is C13H22N2OS2. The predicted molar refractivity (Wildman–Crippen MR) is 82.1 cm³/mol. The fourth-order valence-electron chi connectivity index (χ4n) is 1.65. The van der Waals surface area contributed by atoms with E-state index in [0.717, 1.165) is 24.7 Å². The molecule has 0 aliphatic rings. The molecule has 1 rings (SSSR count). The SMILES string of the molecule is COCCCNC(=S)NC(c1cccs1)C(C)C. The van der Waals surface area contributed by atoms with Crippen LogP contribution in [-0.2, 0) is 4.74 Å². The van der Waals surface area contributed by atoms with Gasteiger partial charge in [-0.1, -0.05) is 19.9 Å². The van der Waals surface area contributed by atoms with E-state index in [4.69, 9.17) is 17.0 Å². The summed E-state index contributed by atoms with van der Waals surface area (Å²) in [4.78, 5) is 1.33. The van der Waals surface area contributed by atoms with Gasteiger partial charge in [-0.3, -0.25) is 0 Å². The monoisotopic (exact) mass is 286 g/mol. The van der Waals surface area contributed by atoms with Gasteiger partial charge < -0.3 is 15.4 Å². The Labute approximate surface area is 119 Å². The van der Waals surface area contributed by atoms with Crippen LogP contribution in [-0.4, -0.2) is 25.4 Å². The van der Waals surface area contributed by atoms with Gasteiger partial charge in [-0.15, -0.1) is 11.3 Å². The molecule has 0 spiro atoms. The maximum atomic E-state index is 5.31. The van der Waals surface area contributed by atoms with Crippen LogP contribution >= 0.6 is 23.6 Å². The summed E-state index contributed by atoms with van der Waals surface area (Å²) in [6, 6.07) is 4.51. The van der Waals surface area contributed by atoms with Crippen molar-refractivity contribution in [2.75, 3.05) is 20.3 Å². The first-order chi connectivity index (χ1) is 8.65. The molecule has 0 saturated carbocycles. The summed E-state index contributed by atoms with van der Waals surface area (Å²) in [7, 11) is 1.71. The molecule has 5 heteroatoms. The van der Waals surface area contributed by atoms with Gasteiger partial charge >= 0.3 is 0 Å². The smallest absolute Gasteiger partial charge is 0.166 e. The van der Waals surface area contributed by atoms with Gasteiger partial charge in [0, 0.05) is 25.1 Å². The van der Waals surface area contributed by atoms with E-state index in [2.05, 4.69) is 42.0 Å². The maximum Gasteiger partial charge on any atom is 0.166 e. The molecule has 2 N–H and O–H groups in total. The Hall–Kier alpha value is -0.650. The number of thiocarbonyl (C=S) groups is 1. The van der Waals surface area contributed by atoms with Crippen LogP contribution in [0.4, 0.5) is 0 Å². The Morgan fingerprint density at radius 1 is 1.50 bits per heavy atom. The van der Waals surface area contributed by atoms with Crippen LogP contribution in [0.15, 0.2) is 17.5 Å². The number of hydrogen-bond acceptors (Lipinski definition) is 3. The zero-order chi connectivity index (χ0) is 13.4. The largest absolute Gasteiger partial charge is 0.385 e. The third-order valence-electron chi connectivity index (χ3n) is 2.61. The third-order valence-corrected chi connectivity index (χ3v) is 3.83. The second-order valence-electron chi connectivity index (χ2n) is 4.48. The van der Waals surface area contributed by atoms with Crippen molar-refractivity contribution in [1.29, 1.82) is 0 Å². The van der Waals surface area contributed by atoms with E-state index in [1.54, 1.807) is 18.4 Å². The molecule has 0 bridgehead atoms. The number of thiophene rings is 1. The molecule has 102 valence electrons. The molecular weight excluding hydrogens is 264 g/mol. The summed E-state index contributed by atoms with van der Waals surface area (Å²) in [6.45, 7) is 6.00. The zero-order valence-electron chi connectivity index (χ0n) is 11.2. The highest BCUT2D eigenvalue weighted by molar-refractivity contribution is 7.80. The van der Waals surface area contributed by atoms with E-state index in [0.29, 0.717) is 5.92 Å². The van der Waals surface area contributed by atoms with Crippen molar-refractivity contribution in [2.45, 2.75) is 26.3 Å². The molecule has 1 aromatic rings. The second kappa shape index (κ2) is 8.45. The molecule has 0 fully saturated rings. The van der Waals surface area contributed by atoms with E-state index in [1.807, 2.05) is 0 Å².